The van der Waals surface area contributed by atoms with Crippen LogP contribution in [0, 0.1) is 0 Å². The molecule has 0 saturated carbocycles. The molecule has 5 aromatic rings. The number of phenolic OH excluding ortho intramolecular Hbond substituents is 1. The third-order valence-electron chi connectivity index (χ3n) is 5.32. The molecule has 32 heavy (non-hydrogen) atoms. The summed E-state index contributed by atoms with van der Waals surface area (Å²) < 4.78 is 9.39. The van der Waals surface area contributed by atoms with Gasteiger partial charge in [0.05, 0.1) is 4.88 Å². The van der Waals surface area contributed by atoms with E-state index in [-0.39, 0.29) is 5.75 Å². The first kappa shape index (κ1) is 19.9. The highest BCUT2D eigenvalue weighted by molar-refractivity contribution is 7.22. The molecule has 3 aromatic carbocycles. The molecule has 0 radical (unpaired) electrons. The van der Waals surface area contributed by atoms with E-state index in [2.05, 4.69) is 22.8 Å². The van der Waals surface area contributed by atoms with Gasteiger partial charge in [0.2, 0.25) is 0 Å². The van der Waals surface area contributed by atoms with E-state index in [1.165, 1.54) is 6.08 Å². The Balaban J connectivity index is 1.63. The molecule has 0 atom stereocenters. The number of hydrogen-bond acceptors (Lipinski definition) is 4. The number of hydrogen-bond donors (Lipinski definition) is 2. The molecule has 6 heteroatoms. The summed E-state index contributed by atoms with van der Waals surface area (Å²) in [5.41, 5.74) is 2.97. The van der Waals surface area contributed by atoms with E-state index in [0.29, 0.717) is 5.75 Å². The Labute approximate surface area is 188 Å². The number of carboxylic acids is 1. The van der Waals surface area contributed by atoms with Gasteiger partial charge in [-0.05, 0) is 54.1 Å². The Kier molecular flexibility index (Phi) is 4.92. The zero-order chi connectivity index (χ0) is 22.2. The highest BCUT2D eigenvalue weighted by Crippen LogP contribution is 2.48. The Bertz CT molecular complexity index is 1490. The molecule has 0 unspecified atom stereocenters. The molecule has 2 heterocycles. The number of aromatic hydroxyl groups is 1. The maximum absolute atomic E-state index is 10.7. The number of ether oxygens (including phenoxy) is 1. The SMILES string of the molecule is Cn1ccc2c(-c3sc4cc(O)ccc4c3Oc3ccc(/C=C/C(=O)O)cc3)cccc21. The average molecular weight is 442 g/mol. The van der Waals surface area contributed by atoms with Crippen molar-refractivity contribution >= 4 is 44.4 Å². The van der Waals surface area contributed by atoms with Crippen molar-refractivity contribution in [2.24, 2.45) is 7.05 Å². The zero-order valence-corrected chi connectivity index (χ0v) is 18.0. The average Bonchev–Trinajstić information content (AvgIpc) is 3.33. The summed E-state index contributed by atoms with van der Waals surface area (Å²) in [6.07, 6.45) is 4.68. The number of carboxylic acid groups (broad SMARTS) is 1. The second kappa shape index (κ2) is 7.90. The third-order valence-corrected chi connectivity index (χ3v) is 6.49. The van der Waals surface area contributed by atoms with Crippen molar-refractivity contribution in [1.29, 1.82) is 0 Å². The van der Waals surface area contributed by atoms with Crippen LogP contribution in [-0.4, -0.2) is 20.7 Å². The van der Waals surface area contributed by atoms with Crippen LogP contribution in [0.25, 0.3) is 37.5 Å². The van der Waals surface area contributed by atoms with Crippen LogP contribution in [-0.2, 0) is 11.8 Å². The maximum Gasteiger partial charge on any atom is 0.328 e. The summed E-state index contributed by atoms with van der Waals surface area (Å²) in [6.45, 7) is 0. The van der Waals surface area contributed by atoms with Crippen LogP contribution in [0.5, 0.6) is 17.2 Å². The fourth-order valence-corrected chi connectivity index (χ4v) is 4.98. The predicted molar refractivity (Wildman–Crippen MR) is 129 cm³/mol. The number of carbonyl (C=O) groups is 1. The summed E-state index contributed by atoms with van der Waals surface area (Å²) >= 11 is 1.58. The number of nitrogens with zero attached hydrogens (tertiary/aromatic N) is 1. The molecule has 2 aromatic heterocycles. The number of aromatic nitrogens is 1. The predicted octanol–water partition coefficient (Wildman–Crippen LogP) is 6.66. The first-order chi connectivity index (χ1) is 15.5. The van der Waals surface area contributed by atoms with Crippen molar-refractivity contribution in [3.63, 3.8) is 0 Å². The van der Waals surface area contributed by atoms with Gasteiger partial charge in [-0.15, -0.1) is 11.3 Å². The van der Waals surface area contributed by atoms with Crippen LogP contribution >= 0.6 is 11.3 Å². The number of rotatable bonds is 5. The first-order valence-electron chi connectivity index (χ1n) is 9.98. The van der Waals surface area contributed by atoms with E-state index in [4.69, 9.17) is 9.84 Å². The molecule has 158 valence electrons. The van der Waals surface area contributed by atoms with Crippen LogP contribution in [0.15, 0.2) is 79.0 Å². The number of aryl methyl sites for hydroxylation is 1. The van der Waals surface area contributed by atoms with Gasteiger partial charge in [-0.2, -0.15) is 0 Å². The lowest BCUT2D eigenvalue weighted by atomic mass is 10.1. The molecule has 0 saturated heterocycles. The Morgan fingerprint density at radius 3 is 2.62 bits per heavy atom. The maximum atomic E-state index is 10.7. The number of benzene rings is 3. The van der Waals surface area contributed by atoms with E-state index in [9.17, 15) is 9.90 Å². The van der Waals surface area contributed by atoms with Crippen molar-refractivity contribution < 1.29 is 19.7 Å². The molecule has 0 fully saturated rings. The fraction of sp³-hybridized carbons (Fsp3) is 0.0385. The van der Waals surface area contributed by atoms with Gasteiger partial charge < -0.3 is 19.5 Å². The second-order valence-corrected chi connectivity index (χ2v) is 8.50. The molecule has 2 N–H and O–H groups in total. The van der Waals surface area contributed by atoms with Crippen LogP contribution in [0.1, 0.15) is 5.56 Å². The van der Waals surface area contributed by atoms with Gasteiger partial charge in [0.25, 0.3) is 0 Å². The fourth-order valence-electron chi connectivity index (χ4n) is 3.77. The molecule has 0 aliphatic heterocycles. The van der Waals surface area contributed by atoms with Crippen LogP contribution in [0.3, 0.4) is 0 Å². The molecular weight excluding hydrogens is 422 g/mol. The van der Waals surface area contributed by atoms with E-state index in [0.717, 1.165) is 48.8 Å². The van der Waals surface area contributed by atoms with Crippen molar-refractivity contribution in [3.8, 4) is 27.7 Å². The van der Waals surface area contributed by atoms with Gasteiger partial charge in [0.15, 0.2) is 5.75 Å². The van der Waals surface area contributed by atoms with Crippen LogP contribution in [0.4, 0.5) is 0 Å². The third kappa shape index (κ3) is 3.61. The van der Waals surface area contributed by atoms with Gasteiger partial charge in [-0.3, -0.25) is 0 Å². The minimum absolute atomic E-state index is 0.212. The minimum Gasteiger partial charge on any atom is -0.508 e. The lowest BCUT2D eigenvalue weighted by Crippen LogP contribution is -1.88. The Hall–Kier alpha value is -4.03. The molecule has 0 bridgehead atoms. The van der Waals surface area contributed by atoms with E-state index in [1.54, 1.807) is 23.5 Å². The van der Waals surface area contributed by atoms with E-state index < -0.39 is 5.97 Å². The topological polar surface area (TPSA) is 71.7 Å². The van der Waals surface area contributed by atoms with Crippen LogP contribution < -0.4 is 4.74 Å². The van der Waals surface area contributed by atoms with Crippen molar-refractivity contribution in [1.82, 2.24) is 4.57 Å². The molecule has 5 rings (SSSR count). The lowest BCUT2D eigenvalue weighted by Gasteiger charge is -2.10. The highest BCUT2D eigenvalue weighted by Gasteiger charge is 2.19. The minimum atomic E-state index is -0.988. The summed E-state index contributed by atoms with van der Waals surface area (Å²) in [5, 5.41) is 20.9. The molecule has 5 nitrogen and oxygen atoms in total. The molecule has 0 amide bonds. The first-order valence-corrected chi connectivity index (χ1v) is 10.8. The van der Waals surface area contributed by atoms with E-state index in [1.807, 2.05) is 49.6 Å². The van der Waals surface area contributed by atoms with Gasteiger partial charge in [0, 0.05) is 45.9 Å². The van der Waals surface area contributed by atoms with Gasteiger partial charge in [0.1, 0.15) is 11.5 Å². The second-order valence-electron chi connectivity index (χ2n) is 7.45. The zero-order valence-electron chi connectivity index (χ0n) is 17.1. The van der Waals surface area contributed by atoms with Gasteiger partial charge >= 0.3 is 5.97 Å². The van der Waals surface area contributed by atoms with E-state index >= 15 is 0 Å². The molecule has 0 aliphatic carbocycles. The van der Waals surface area contributed by atoms with Crippen LogP contribution in [0.2, 0.25) is 0 Å². The number of phenols is 1. The normalized spacial score (nSPS) is 11.5. The van der Waals surface area contributed by atoms with Crippen molar-refractivity contribution in [3.05, 3.63) is 84.6 Å². The smallest absolute Gasteiger partial charge is 0.328 e. The Morgan fingerprint density at radius 2 is 1.84 bits per heavy atom. The lowest BCUT2D eigenvalue weighted by molar-refractivity contribution is -0.131. The monoisotopic (exact) mass is 441 g/mol. The number of aliphatic carboxylic acids is 1. The quantitative estimate of drug-likeness (QED) is 0.299. The van der Waals surface area contributed by atoms with Gasteiger partial charge in [-0.1, -0.05) is 24.3 Å². The largest absolute Gasteiger partial charge is 0.508 e. The Morgan fingerprint density at radius 1 is 1.03 bits per heavy atom. The summed E-state index contributed by atoms with van der Waals surface area (Å²) in [7, 11) is 2.02. The highest BCUT2D eigenvalue weighted by atomic mass is 32.1. The summed E-state index contributed by atoms with van der Waals surface area (Å²) in [5.74, 6) is 0.601. The number of fused-ring (bicyclic) bond motifs is 2. The van der Waals surface area contributed by atoms with Gasteiger partial charge in [-0.25, -0.2) is 4.79 Å². The molecule has 0 aliphatic rings. The molecular formula is C26H19NO4S. The van der Waals surface area contributed by atoms with Crippen molar-refractivity contribution in [2.45, 2.75) is 0 Å². The van der Waals surface area contributed by atoms with Crippen molar-refractivity contribution in [2.75, 3.05) is 0 Å². The number of thiophene rings is 1. The summed E-state index contributed by atoms with van der Waals surface area (Å²) in [6, 6.07) is 20.8. The standard InChI is InChI=1S/C26H19NO4S/c1-27-14-13-19-20(3-2-4-22(19)27)26-25(21-11-8-17(28)15-23(21)32-26)31-18-9-5-16(6-10-18)7-12-24(29)30/h2-15,28H,1H3,(H,29,30)/b12-7+. The summed E-state index contributed by atoms with van der Waals surface area (Å²) in [4.78, 5) is 11.7. The molecule has 0 spiro atoms.